The molecule has 1 atom stereocenters. The Balaban J connectivity index is 2.00. The van der Waals surface area contributed by atoms with E-state index in [0.29, 0.717) is 30.0 Å². The van der Waals surface area contributed by atoms with Crippen LogP contribution in [0.2, 0.25) is 0 Å². The van der Waals surface area contributed by atoms with E-state index in [1.807, 2.05) is 4.57 Å². The summed E-state index contributed by atoms with van der Waals surface area (Å²) < 4.78 is 15.3. The molecular weight excluding hydrogens is 247 g/mol. The van der Waals surface area contributed by atoms with Crippen LogP contribution in [0.3, 0.4) is 0 Å². The van der Waals surface area contributed by atoms with Crippen LogP contribution in [0.25, 0.3) is 11.0 Å². The summed E-state index contributed by atoms with van der Waals surface area (Å²) in [6.07, 6.45) is 1.34. The number of rotatable bonds is 2. The van der Waals surface area contributed by atoms with Gasteiger partial charge in [0.1, 0.15) is 5.82 Å². The molecule has 1 saturated heterocycles. The molecule has 19 heavy (non-hydrogen) atoms. The third-order valence-electron chi connectivity index (χ3n) is 3.55. The number of fused-ring (bicyclic) bond motifs is 1. The minimum absolute atomic E-state index is 0.0650. The van der Waals surface area contributed by atoms with E-state index in [2.05, 4.69) is 10.3 Å². The number of hydrogen-bond donors (Lipinski definition) is 2. The summed E-state index contributed by atoms with van der Waals surface area (Å²) in [4.78, 5) is 15.4. The van der Waals surface area contributed by atoms with E-state index in [4.69, 9.17) is 5.73 Å². The fourth-order valence-electron chi connectivity index (χ4n) is 2.50. The van der Waals surface area contributed by atoms with Gasteiger partial charge in [-0.3, -0.25) is 4.79 Å². The van der Waals surface area contributed by atoms with Gasteiger partial charge in [-0.1, -0.05) is 0 Å². The first-order chi connectivity index (χ1) is 9.04. The van der Waals surface area contributed by atoms with Gasteiger partial charge in [-0.15, -0.1) is 0 Å². The van der Waals surface area contributed by atoms with Crippen LogP contribution in [0.1, 0.15) is 18.4 Å². The van der Waals surface area contributed by atoms with Gasteiger partial charge in [0.15, 0.2) is 0 Å². The molecule has 5 nitrogen and oxygen atoms in total. The maximum Gasteiger partial charge on any atom is 0.220 e. The van der Waals surface area contributed by atoms with Crippen LogP contribution in [0.15, 0.2) is 12.1 Å². The predicted molar refractivity (Wildman–Crippen MR) is 70.0 cm³/mol. The minimum Gasteiger partial charge on any atom is -0.369 e. The number of carbonyl (C=O) groups excluding carboxylic acids is 1. The number of imidazole rings is 1. The molecule has 100 valence electrons. The van der Waals surface area contributed by atoms with Gasteiger partial charge in [0.2, 0.25) is 11.9 Å². The number of nitrogen functional groups attached to an aromatic ring is 1. The van der Waals surface area contributed by atoms with Crippen LogP contribution >= 0.6 is 0 Å². The number of amides is 1. The number of carbonyl (C=O) groups is 1. The lowest BCUT2D eigenvalue weighted by Crippen LogP contribution is -2.29. The molecule has 0 spiro atoms. The first kappa shape index (κ1) is 12.0. The molecule has 1 aliphatic rings. The monoisotopic (exact) mass is 262 g/mol. The van der Waals surface area contributed by atoms with Gasteiger partial charge in [0.25, 0.3) is 0 Å². The highest BCUT2D eigenvalue weighted by Crippen LogP contribution is 2.23. The maximum atomic E-state index is 13.5. The molecule has 6 heteroatoms. The summed E-state index contributed by atoms with van der Waals surface area (Å²) in [6, 6.07) is 3.20. The molecule has 0 aliphatic carbocycles. The number of benzene rings is 1. The van der Waals surface area contributed by atoms with Crippen molar-refractivity contribution in [3.05, 3.63) is 23.5 Å². The molecule has 1 amide bonds. The lowest BCUT2D eigenvalue weighted by atomic mass is 10.2. The smallest absolute Gasteiger partial charge is 0.220 e. The summed E-state index contributed by atoms with van der Waals surface area (Å²) in [7, 11) is 0. The van der Waals surface area contributed by atoms with E-state index in [1.54, 1.807) is 13.0 Å². The number of nitrogens with two attached hydrogens (primary N) is 1. The molecule has 0 saturated carbocycles. The van der Waals surface area contributed by atoms with Crippen molar-refractivity contribution in [1.82, 2.24) is 14.9 Å². The van der Waals surface area contributed by atoms with E-state index in [-0.39, 0.29) is 17.8 Å². The highest BCUT2D eigenvalue weighted by molar-refractivity contribution is 5.80. The zero-order valence-corrected chi connectivity index (χ0v) is 10.6. The largest absolute Gasteiger partial charge is 0.369 e. The highest BCUT2D eigenvalue weighted by Gasteiger charge is 2.22. The van der Waals surface area contributed by atoms with Gasteiger partial charge in [0.05, 0.1) is 11.0 Å². The van der Waals surface area contributed by atoms with Crippen molar-refractivity contribution in [3.8, 4) is 0 Å². The molecular formula is C13H15FN4O. The summed E-state index contributed by atoms with van der Waals surface area (Å²) in [5.74, 6) is 0.127. The Hall–Kier alpha value is -2.11. The molecule has 0 bridgehead atoms. The summed E-state index contributed by atoms with van der Waals surface area (Å²) in [6.45, 7) is 2.28. The van der Waals surface area contributed by atoms with E-state index >= 15 is 0 Å². The van der Waals surface area contributed by atoms with Crippen LogP contribution in [-0.2, 0) is 11.3 Å². The number of anilines is 1. The Kier molecular flexibility index (Phi) is 2.66. The maximum absolute atomic E-state index is 13.5. The number of hydrogen-bond acceptors (Lipinski definition) is 3. The number of nitrogens with zero attached hydrogens (tertiary/aromatic N) is 2. The molecule has 1 fully saturated rings. The number of nitrogens with one attached hydrogen (secondary N) is 1. The van der Waals surface area contributed by atoms with Crippen LogP contribution in [0.4, 0.5) is 10.3 Å². The Bertz CT molecular complexity index is 664. The lowest BCUT2D eigenvalue weighted by molar-refractivity contribution is -0.119. The normalized spacial score (nSPS) is 19.1. The van der Waals surface area contributed by atoms with Crippen molar-refractivity contribution in [2.24, 2.45) is 0 Å². The van der Waals surface area contributed by atoms with Gasteiger partial charge in [-0.05, 0) is 25.0 Å². The average molecular weight is 262 g/mol. The summed E-state index contributed by atoms with van der Waals surface area (Å²) in [5, 5.41) is 2.89. The van der Waals surface area contributed by atoms with Crippen molar-refractivity contribution in [2.75, 3.05) is 5.73 Å². The van der Waals surface area contributed by atoms with Crippen molar-refractivity contribution in [3.63, 3.8) is 0 Å². The van der Waals surface area contributed by atoms with Crippen molar-refractivity contribution in [1.29, 1.82) is 0 Å². The van der Waals surface area contributed by atoms with Crippen LogP contribution in [0.5, 0.6) is 0 Å². The summed E-state index contributed by atoms with van der Waals surface area (Å²) >= 11 is 0. The Morgan fingerprint density at radius 3 is 3.05 bits per heavy atom. The predicted octanol–water partition coefficient (Wildman–Crippen LogP) is 1.34. The third kappa shape index (κ3) is 2.03. The second-order valence-electron chi connectivity index (χ2n) is 4.97. The molecule has 0 radical (unpaired) electrons. The molecule has 3 rings (SSSR count). The minimum atomic E-state index is -0.286. The molecule has 1 aromatic heterocycles. The number of aryl methyl sites for hydroxylation is 1. The lowest BCUT2D eigenvalue weighted by Gasteiger charge is -2.13. The van der Waals surface area contributed by atoms with Crippen LogP contribution < -0.4 is 11.1 Å². The highest BCUT2D eigenvalue weighted by atomic mass is 19.1. The van der Waals surface area contributed by atoms with Gasteiger partial charge in [-0.25, -0.2) is 9.37 Å². The van der Waals surface area contributed by atoms with E-state index in [0.717, 1.165) is 11.9 Å². The average Bonchev–Trinajstić information content (AvgIpc) is 2.87. The van der Waals surface area contributed by atoms with Gasteiger partial charge >= 0.3 is 0 Å². The van der Waals surface area contributed by atoms with Gasteiger partial charge in [0, 0.05) is 25.1 Å². The van der Waals surface area contributed by atoms with E-state index in [9.17, 15) is 9.18 Å². The molecule has 1 unspecified atom stereocenters. The van der Waals surface area contributed by atoms with E-state index in [1.165, 1.54) is 6.07 Å². The molecule has 2 heterocycles. The number of aromatic nitrogens is 2. The first-order valence-electron chi connectivity index (χ1n) is 6.26. The first-order valence-corrected chi connectivity index (χ1v) is 6.26. The zero-order valence-electron chi connectivity index (χ0n) is 10.6. The van der Waals surface area contributed by atoms with Crippen LogP contribution in [-0.4, -0.2) is 21.5 Å². The molecule has 3 N–H and O–H groups in total. The third-order valence-corrected chi connectivity index (χ3v) is 3.55. The fraction of sp³-hybridized carbons (Fsp3) is 0.385. The van der Waals surface area contributed by atoms with E-state index < -0.39 is 0 Å². The van der Waals surface area contributed by atoms with Crippen molar-refractivity contribution < 1.29 is 9.18 Å². The Labute approximate surface area is 109 Å². The SMILES string of the molecule is Cc1cc2c(cc1F)nc(N)n2CC1CCC(=O)N1. The fourth-order valence-corrected chi connectivity index (χ4v) is 2.50. The second kappa shape index (κ2) is 4.22. The van der Waals surface area contributed by atoms with Crippen molar-refractivity contribution in [2.45, 2.75) is 32.4 Å². The molecule has 2 aromatic rings. The summed E-state index contributed by atoms with van der Waals surface area (Å²) in [5.41, 5.74) is 7.79. The molecule has 1 aliphatic heterocycles. The molecule has 1 aromatic carbocycles. The number of halogens is 1. The quantitative estimate of drug-likeness (QED) is 0.858. The zero-order chi connectivity index (χ0) is 13.6. The van der Waals surface area contributed by atoms with Crippen molar-refractivity contribution >= 4 is 22.9 Å². The topological polar surface area (TPSA) is 72.9 Å². The Morgan fingerprint density at radius 1 is 1.58 bits per heavy atom. The van der Waals surface area contributed by atoms with Crippen LogP contribution in [0, 0.1) is 12.7 Å². The Morgan fingerprint density at radius 2 is 2.37 bits per heavy atom. The van der Waals surface area contributed by atoms with Gasteiger partial charge in [-0.2, -0.15) is 0 Å². The standard InChI is InChI=1S/C13H15FN4O/c1-7-4-11-10(5-9(7)14)17-13(15)18(11)6-8-2-3-12(19)16-8/h4-5,8H,2-3,6H2,1H3,(H2,15,17)(H,16,19). The second-order valence-corrected chi connectivity index (χ2v) is 4.97. The van der Waals surface area contributed by atoms with Gasteiger partial charge < -0.3 is 15.6 Å².